The zero-order valence-corrected chi connectivity index (χ0v) is 16.6. The van der Waals surface area contributed by atoms with Crippen LogP contribution < -0.4 is 11.0 Å². The lowest BCUT2D eigenvalue weighted by atomic mass is 9.96. The van der Waals surface area contributed by atoms with Crippen LogP contribution in [-0.2, 0) is 17.9 Å². The molecule has 27 heavy (non-hydrogen) atoms. The summed E-state index contributed by atoms with van der Waals surface area (Å²) in [5, 5.41) is 3.40. The Morgan fingerprint density at radius 3 is 2.30 bits per heavy atom. The first-order valence-corrected chi connectivity index (χ1v) is 10.3. The number of piperidine rings is 1. The Balaban J connectivity index is 1.63. The molecular weight excluding hydrogens is 340 g/mol. The third-order valence-electron chi connectivity index (χ3n) is 5.57. The summed E-state index contributed by atoms with van der Waals surface area (Å²) in [7, 11) is 0. The highest BCUT2D eigenvalue weighted by Gasteiger charge is 2.23. The van der Waals surface area contributed by atoms with Gasteiger partial charge in [0.15, 0.2) is 0 Å². The van der Waals surface area contributed by atoms with E-state index in [9.17, 15) is 9.59 Å². The van der Waals surface area contributed by atoms with E-state index in [1.807, 2.05) is 33.7 Å². The van der Waals surface area contributed by atoms with Crippen molar-refractivity contribution in [1.29, 1.82) is 0 Å². The van der Waals surface area contributed by atoms with E-state index in [1.165, 1.54) is 0 Å². The first kappa shape index (κ1) is 19.7. The molecular formula is C21H32N4O2. The molecule has 0 atom stereocenters. The molecule has 0 saturated carbocycles. The van der Waals surface area contributed by atoms with Crippen LogP contribution in [0.5, 0.6) is 0 Å². The average Bonchev–Trinajstić information content (AvgIpc) is 2.96. The number of rotatable bonds is 8. The summed E-state index contributed by atoms with van der Waals surface area (Å²) in [5.41, 5.74) is 1.88. The second-order valence-electron chi connectivity index (χ2n) is 7.46. The lowest BCUT2D eigenvalue weighted by molar-refractivity contribution is -0.132. The van der Waals surface area contributed by atoms with Crippen LogP contribution in [0.2, 0.25) is 0 Å². The van der Waals surface area contributed by atoms with Gasteiger partial charge in [-0.2, -0.15) is 0 Å². The van der Waals surface area contributed by atoms with E-state index in [-0.39, 0.29) is 11.6 Å². The number of amides is 1. The Bertz CT molecular complexity index is 815. The summed E-state index contributed by atoms with van der Waals surface area (Å²) in [5.74, 6) is 0.833. The highest BCUT2D eigenvalue weighted by molar-refractivity contribution is 5.78. The SMILES string of the molecule is CCCn1c(=O)n(CCC(=O)N2CCC(CNCC)CC2)c2ccccc21. The van der Waals surface area contributed by atoms with Gasteiger partial charge in [-0.3, -0.25) is 13.9 Å². The van der Waals surface area contributed by atoms with Crippen molar-refractivity contribution in [2.75, 3.05) is 26.2 Å². The number of nitrogens with zero attached hydrogens (tertiary/aromatic N) is 3. The highest BCUT2D eigenvalue weighted by Crippen LogP contribution is 2.18. The van der Waals surface area contributed by atoms with Crippen molar-refractivity contribution in [2.24, 2.45) is 5.92 Å². The number of hydrogen-bond acceptors (Lipinski definition) is 3. The van der Waals surface area contributed by atoms with Gasteiger partial charge in [0.25, 0.3) is 0 Å². The van der Waals surface area contributed by atoms with Crippen LogP contribution in [0.1, 0.15) is 39.5 Å². The number of para-hydroxylation sites is 2. The van der Waals surface area contributed by atoms with Crippen molar-refractivity contribution in [3.05, 3.63) is 34.7 Å². The molecule has 0 spiro atoms. The number of hydrogen-bond donors (Lipinski definition) is 1. The standard InChI is InChI=1S/C21H32N4O2/c1-3-12-24-18-7-5-6-8-19(18)25(21(24)27)15-11-20(26)23-13-9-17(10-14-23)16-22-4-2/h5-8,17,22H,3-4,9-16H2,1-2H3. The van der Waals surface area contributed by atoms with Crippen LogP contribution in [-0.4, -0.2) is 46.1 Å². The summed E-state index contributed by atoms with van der Waals surface area (Å²) < 4.78 is 3.59. The van der Waals surface area contributed by atoms with E-state index in [0.717, 1.165) is 56.5 Å². The van der Waals surface area contributed by atoms with Crippen molar-refractivity contribution >= 4 is 16.9 Å². The number of aromatic nitrogens is 2. The summed E-state index contributed by atoms with van der Waals surface area (Å²) >= 11 is 0. The minimum Gasteiger partial charge on any atom is -0.343 e. The van der Waals surface area contributed by atoms with Crippen LogP contribution in [0.3, 0.4) is 0 Å². The zero-order chi connectivity index (χ0) is 19.2. The van der Waals surface area contributed by atoms with Gasteiger partial charge < -0.3 is 10.2 Å². The number of fused-ring (bicyclic) bond motifs is 1. The highest BCUT2D eigenvalue weighted by atomic mass is 16.2. The fraction of sp³-hybridized carbons (Fsp3) is 0.619. The molecule has 1 N–H and O–H groups in total. The molecule has 6 heteroatoms. The van der Waals surface area contributed by atoms with Gasteiger partial charge in [0.1, 0.15) is 0 Å². The normalized spacial score (nSPS) is 15.6. The monoisotopic (exact) mass is 372 g/mol. The number of aryl methyl sites for hydroxylation is 2. The molecule has 0 unspecified atom stereocenters. The maximum absolute atomic E-state index is 12.8. The molecule has 1 aliphatic heterocycles. The number of carbonyl (C=O) groups excluding carboxylic acids is 1. The fourth-order valence-electron chi connectivity index (χ4n) is 4.03. The molecule has 0 bridgehead atoms. The number of carbonyl (C=O) groups is 1. The van der Waals surface area contributed by atoms with Gasteiger partial charge in [0, 0.05) is 32.6 Å². The summed E-state index contributed by atoms with van der Waals surface area (Å²) in [6.45, 7) is 9.07. The topological polar surface area (TPSA) is 59.3 Å². The van der Waals surface area contributed by atoms with Crippen LogP contribution in [0.15, 0.2) is 29.1 Å². The Morgan fingerprint density at radius 1 is 1.07 bits per heavy atom. The second kappa shape index (κ2) is 9.22. The zero-order valence-electron chi connectivity index (χ0n) is 16.6. The lowest BCUT2D eigenvalue weighted by Gasteiger charge is -2.32. The van der Waals surface area contributed by atoms with E-state index < -0.39 is 0 Å². The number of likely N-dealkylation sites (tertiary alicyclic amines) is 1. The van der Waals surface area contributed by atoms with Gasteiger partial charge in [-0.1, -0.05) is 26.0 Å². The second-order valence-corrected chi connectivity index (χ2v) is 7.46. The molecule has 1 aromatic carbocycles. The van der Waals surface area contributed by atoms with Crippen molar-refractivity contribution < 1.29 is 4.79 Å². The summed E-state index contributed by atoms with van der Waals surface area (Å²) in [6.07, 6.45) is 3.43. The van der Waals surface area contributed by atoms with Gasteiger partial charge in [0.05, 0.1) is 11.0 Å². The third kappa shape index (κ3) is 4.43. The molecule has 2 heterocycles. The van der Waals surface area contributed by atoms with Crippen LogP contribution in [0, 0.1) is 5.92 Å². The number of benzene rings is 1. The third-order valence-corrected chi connectivity index (χ3v) is 5.57. The molecule has 148 valence electrons. The van der Waals surface area contributed by atoms with E-state index in [0.29, 0.717) is 25.4 Å². The molecule has 0 aliphatic carbocycles. The maximum Gasteiger partial charge on any atom is 0.329 e. The van der Waals surface area contributed by atoms with Crippen LogP contribution >= 0.6 is 0 Å². The van der Waals surface area contributed by atoms with Gasteiger partial charge in [0.2, 0.25) is 5.91 Å². The van der Waals surface area contributed by atoms with E-state index in [4.69, 9.17) is 0 Å². The van der Waals surface area contributed by atoms with Gasteiger partial charge in [-0.05, 0) is 50.4 Å². The van der Waals surface area contributed by atoms with Gasteiger partial charge in [-0.15, -0.1) is 0 Å². The van der Waals surface area contributed by atoms with Crippen molar-refractivity contribution in [3.8, 4) is 0 Å². The van der Waals surface area contributed by atoms with Crippen molar-refractivity contribution in [3.63, 3.8) is 0 Å². The summed E-state index contributed by atoms with van der Waals surface area (Å²) in [4.78, 5) is 27.4. The molecule has 2 aromatic rings. The van der Waals surface area contributed by atoms with E-state index >= 15 is 0 Å². The largest absolute Gasteiger partial charge is 0.343 e. The quantitative estimate of drug-likeness (QED) is 0.774. The molecule has 1 saturated heterocycles. The molecule has 3 rings (SSSR count). The minimum atomic E-state index is -0.00445. The molecule has 1 aromatic heterocycles. The maximum atomic E-state index is 12.8. The lowest BCUT2D eigenvalue weighted by Crippen LogP contribution is -2.41. The van der Waals surface area contributed by atoms with Gasteiger partial charge >= 0.3 is 5.69 Å². The Hall–Kier alpha value is -2.08. The smallest absolute Gasteiger partial charge is 0.329 e. The molecule has 6 nitrogen and oxygen atoms in total. The van der Waals surface area contributed by atoms with Gasteiger partial charge in [-0.25, -0.2) is 4.79 Å². The fourth-order valence-corrected chi connectivity index (χ4v) is 4.03. The number of nitrogens with one attached hydrogen (secondary N) is 1. The predicted molar refractivity (Wildman–Crippen MR) is 109 cm³/mol. The van der Waals surface area contributed by atoms with Crippen molar-refractivity contribution in [1.82, 2.24) is 19.4 Å². The predicted octanol–water partition coefficient (Wildman–Crippen LogP) is 2.45. The van der Waals surface area contributed by atoms with Crippen LogP contribution in [0.4, 0.5) is 0 Å². The van der Waals surface area contributed by atoms with E-state index in [1.54, 1.807) is 4.57 Å². The van der Waals surface area contributed by atoms with Crippen molar-refractivity contribution in [2.45, 2.75) is 52.6 Å². The molecule has 0 radical (unpaired) electrons. The Morgan fingerprint density at radius 2 is 1.70 bits per heavy atom. The summed E-state index contributed by atoms with van der Waals surface area (Å²) in [6, 6.07) is 7.87. The van der Waals surface area contributed by atoms with Crippen LogP contribution in [0.25, 0.3) is 11.0 Å². The van der Waals surface area contributed by atoms with E-state index in [2.05, 4.69) is 19.2 Å². The Kier molecular flexibility index (Phi) is 6.72. The Labute approximate surface area is 161 Å². The average molecular weight is 373 g/mol. The first-order chi connectivity index (χ1) is 13.2. The minimum absolute atomic E-state index is 0.00445. The first-order valence-electron chi connectivity index (χ1n) is 10.3. The molecule has 1 fully saturated rings. The molecule has 1 aliphatic rings. The molecule has 1 amide bonds. The number of imidazole rings is 1.